The summed E-state index contributed by atoms with van der Waals surface area (Å²) in [5.74, 6) is 0.0660. The number of ether oxygens (including phenoxy) is 2. The third kappa shape index (κ3) is 5.93. The summed E-state index contributed by atoms with van der Waals surface area (Å²) in [5.41, 5.74) is 2.89. The molecule has 1 saturated heterocycles. The predicted octanol–water partition coefficient (Wildman–Crippen LogP) is 2.68. The summed E-state index contributed by atoms with van der Waals surface area (Å²) in [5, 5.41) is 8.53. The van der Waals surface area contributed by atoms with E-state index in [-0.39, 0.29) is 4.21 Å². The molecule has 3 aromatic rings. The smallest absolute Gasteiger partial charge is 0.277 e. The number of thiophene rings is 1. The number of hydrogen-bond acceptors (Lipinski definition) is 8. The van der Waals surface area contributed by atoms with Crippen molar-refractivity contribution in [3.63, 3.8) is 0 Å². The average Bonchev–Trinajstić information content (AvgIpc) is 3.55. The Morgan fingerprint density at radius 2 is 1.91 bits per heavy atom. The third-order valence-corrected chi connectivity index (χ3v) is 8.50. The van der Waals surface area contributed by atoms with E-state index in [1.54, 1.807) is 18.2 Å². The molecule has 1 aliphatic rings. The normalized spacial score (nSPS) is 15.0. The number of carbonyl (C=O) groups is 1. The fourth-order valence-electron chi connectivity index (χ4n) is 3.40. The molecular weight excluding hydrogens is 478 g/mol. The van der Waals surface area contributed by atoms with Crippen LogP contribution in [0.25, 0.3) is 16.5 Å². The Balaban J connectivity index is 1.39. The summed E-state index contributed by atoms with van der Waals surface area (Å²) in [4.78, 5) is 14.2. The largest absolute Gasteiger partial charge is 0.492 e. The SMILES string of the molecule is O=C(C=Cc1ccn(S(=O)(=O)c2ccc(-c3ccc(OCCN4CCOCC4)cc3)s2)c1)NO. The molecule has 0 atom stereocenters. The number of carbonyl (C=O) groups excluding carboxylic acids is 1. The highest BCUT2D eigenvalue weighted by atomic mass is 32.2. The molecule has 180 valence electrons. The summed E-state index contributed by atoms with van der Waals surface area (Å²) < 4.78 is 38.5. The first kappa shape index (κ1) is 24.2. The van der Waals surface area contributed by atoms with E-state index in [1.807, 2.05) is 24.3 Å². The van der Waals surface area contributed by atoms with Crippen molar-refractivity contribution in [1.82, 2.24) is 14.4 Å². The van der Waals surface area contributed by atoms with Crippen molar-refractivity contribution in [2.75, 3.05) is 39.5 Å². The van der Waals surface area contributed by atoms with Gasteiger partial charge in [0.2, 0.25) is 0 Å². The van der Waals surface area contributed by atoms with Crippen molar-refractivity contribution in [2.24, 2.45) is 0 Å². The van der Waals surface area contributed by atoms with E-state index in [9.17, 15) is 13.2 Å². The van der Waals surface area contributed by atoms with Gasteiger partial charge in [-0.25, -0.2) is 9.45 Å². The first-order valence-electron chi connectivity index (χ1n) is 10.6. The van der Waals surface area contributed by atoms with Crippen LogP contribution in [0.4, 0.5) is 0 Å². The number of amides is 1. The van der Waals surface area contributed by atoms with Crippen LogP contribution in [-0.2, 0) is 19.6 Å². The van der Waals surface area contributed by atoms with Crippen LogP contribution in [0.2, 0.25) is 0 Å². The molecule has 4 rings (SSSR count). The van der Waals surface area contributed by atoms with Gasteiger partial charge in [0.1, 0.15) is 16.6 Å². The molecule has 0 unspecified atom stereocenters. The van der Waals surface area contributed by atoms with Crippen LogP contribution in [0.3, 0.4) is 0 Å². The Morgan fingerprint density at radius 3 is 2.65 bits per heavy atom. The number of nitrogens with zero attached hydrogens (tertiary/aromatic N) is 2. The molecule has 2 aromatic heterocycles. The van der Waals surface area contributed by atoms with Crippen LogP contribution in [0.15, 0.2) is 65.1 Å². The fraction of sp³-hybridized carbons (Fsp3) is 0.261. The molecular formula is C23H25N3O6S2. The molecule has 11 heteroatoms. The van der Waals surface area contributed by atoms with E-state index in [0.717, 1.165) is 59.1 Å². The van der Waals surface area contributed by atoms with E-state index >= 15 is 0 Å². The van der Waals surface area contributed by atoms with E-state index in [1.165, 1.54) is 35.3 Å². The van der Waals surface area contributed by atoms with Crippen molar-refractivity contribution >= 4 is 33.3 Å². The first-order valence-corrected chi connectivity index (χ1v) is 12.9. The Labute approximate surface area is 201 Å². The van der Waals surface area contributed by atoms with Crippen LogP contribution >= 0.6 is 11.3 Å². The maximum atomic E-state index is 13.0. The molecule has 1 fully saturated rings. The Hall–Kier alpha value is -2.96. The second-order valence-corrected chi connectivity index (χ2v) is 10.7. The Morgan fingerprint density at radius 1 is 1.15 bits per heavy atom. The minimum absolute atomic E-state index is 0.201. The number of rotatable bonds is 9. The number of hydrogen-bond donors (Lipinski definition) is 2. The number of benzene rings is 1. The van der Waals surface area contributed by atoms with Crippen LogP contribution in [0, 0.1) is 0 Å². The van der Waals surface area contributed by atoms with Gasteiger partial charge in [0.05, 0.1) is 13.2 Å². The molecule has 0 spiro atoms. The van der Waals surface area contributed by atoms with Crippen molar-refractivity contribution in [3.05, 3.63) is 66.5 Å². The molecule has 0 aliphatic carbocycles. The lowest BCUT2D eigenvalue weighted by Gasteiger charge is -2.26. The lowest BCUT2D eigenvalue weighted by Crippen LogP contribution is -2.38. The van der Waals surface area contributed by atoms with E-state index in [4.69, 9.17) is 14.7 Å². The van der Waals surface area contributed by atoms with Gasteiger partial charge in [-0.05, 0) is 59.7 Å². The van der Waals surface area contributed by atoms with Gasteiger partial charge in [-0.2, -0.15) is 8.42 Å². The van der Waals surface area contributed by atoms with Gasteiger partial charge in [-0.1, -0.05) is 0 Å². The van der Waals surface area contributed by atoms with Crippen LogP contribution in [0.5, 0.6) is 5.75 Å². The lowest BCUT2D eigenvalue weighted by molar-refractivity contribution is -0.124. The summed E-state index contributed by atoms with van der Waals surface area (Å²) in [6, 6.07) is 12.5. The minimum atomic E-state index is -3.77. The van der Waals surface area contributed by atoms with Gasteiger partial charge in [0.15, 0.2) is 0 Å². The maximum Gasteiger partial charge on any atom is 0.277 e. The third-order valence-electron chi connectivity index (χ3n) is 5.26. The highest BCUT2D eigenvalue weighted by molar-refractivity contribution is 7.92. The van der Waals surface area contributed by atoms with Gasteiger partial charge in [-0.15, -0.1) is 11.3 Å². The standard InChI is InChI=1S/C23H25N3O6S2/c27-22(24-28)7-1-18-9-10-26(17-18)34(29,30)23-8-6-21(33-23)19-2-4-20(5-3-19)32-16-13-25-11-14-31-15-12-25/h1-10,17,28H,11-16H2,(H,24,27). The minimum Gasteiger partial charge on any atom is -0.492 e. The molecule has 2 N–H and O–H groups in total. The summed E-state index contributed by atoms with van der Waals surface area (Å²) >= 11 is 1.18. The lowest BCUT2D eigenvalue weighted by atomic mass is 10.2. The zero-order valence-corrected chi connectivity index (χ0v) is 19.9. The summed E-state index contributed by atoms with van der Waals surface area (Å²) in [6.07, 6.45) is 5.32. The zero-order chi connectivity index (χ0) is 24.0. The number of nitrogens with one attached hydrogen (secondary N) is 1. The molecule has 0 radical (unpaired) electrons. The Kier molecular flexibility index (Phi) is 7.80. The van der Waals surface area contributed by atoms with Gasteiger partial charge in [0.25, 0.3) is 15.9 Å². The van der Waals surface area contributed by atoms with Crippen LogP contribution in [-0.4, -0.2) is 67.9 Å². The average molecular weight is 504 g/mol. The fourth-order valence-corrected chi connectivity index (χ4v) is 6.02. The molecule has 0 saturated carbocycles. The van der Waals surface area contributed by atoms with Crippen molar-refractivity contribution in [1.29, 1.82) is 0 Å². The first-order chi connectivity index (χ1) is 16.5. The Bertz CT molecular complexity index is 1240. The molecule has 1 amide bonds. The van der Waals surface area contributed by atoms with Gasteiger partial charge < -0.3 is 9.47 Å². The van der Waals surface area contributed by atoms with Crippen molar-refractivity contribution in [2.45, 2.75) is 4.21 Å². The van der Waals surface area contributed by atoms with Crippen LogP contribution < -0.4 is 10.2 Å². The van der Waals surface area contributed by atoms with Gasteiger partial charge in [-0.3, -0.25) is 14.9 Å². The zero-order valence-electron chi connectivity index (χ0n) is 18.3. The molecule has 1 aromatic carbocycles. The predicted molar refractivity (Wildman–Crippen MR) is 128 cm³/mol. The highest BCUT2D eigenvalue weighted by Crippen LogP contribution is 2.33. The summed E-state index contributed by atoms with van der Waals surface area (Å²) in [6.45, 7) is 4.82. The second-order valence-electron chi connectivity index (χ2n) is 7.53. The van der Waals surface area contributed by atoms with E-state index in [0.29, 0.717) is 12.2 Å². The molecule has 1 aliphatic heterocycles. The molecule has 34 heavy (non-hydrogen) atoms. The molecule has 0 bridgehead atoms. The second kappa shape index (κ2) is 11.0. The maximum absolute atomic E-state index is 13.0. The van der Waals surface area contributed by atoms with Crippen LogP contribution in [0.1, 0.15) is 5.56 Å². The molecule has 9 nitrogen and oxygen atoms in total. The van der Waals surface area contributed by atoms with E-state index in [2.05, 4.69) is 4.90 Å². The summed E-state index contributed by atoms with van der Waals surface area (Å²) in [7, 11) is -3.77. The topological polar surface area (TPSA) is 110 Å². The van der Waals surface area contributed by atoms with Crippen molar-refractivity contribution < 1.29 is 27.9 Å². The van der Waals surface area contributed by atoms with Gasteiger partial charge in [0, 0.05) is 43.0 Å². The molecule has 3 heterocycles. The number of morpholine rings is 1. The van der Waals surface area contributed by atoms with Crippen molar-refractivity contribution in [3.8, 4) is 16.2 Å². The van der Waals surface area contributed by atoms with Gasteiger partial charge >= 0.3 is 0 Å². The number of hydroxylamine groups is 1. The van der Waals surface area contributed by atoms with E-state index < -0.39 is 15.9 Å². The highest BCUT2D eigenvalue weighted by Gasteiger charge is 2.19. The monoisotopic (exact) mass is 503 g/mol. The quantitative estimate of drug-likeness (QED) is 0.262. The number of aromatic nitrogens is 1.